The van der Waals surface area contributed by atoms with Crippen molar-refractivity contribution >= 4 is 38.1 Å². The van der Waals surface area contributed by atoms with E-state index in [4.69, 9.17) is 9.97 Å². The minimum atomic E-state index is 0.975. The predicted octanol–water partition coefficient (Wildman–Crippen LogP) is 10.3. The molecule has 5 aromatic carbocycles. The third kappa shape index (κ3) is 3.62. The zero-order chi connectivity index (χ0) is 28.3. The van der Waals surface area contributed by atoms with Crippen LogP contribution in [0.2, 0.25) is 0 Å². The van der Waals surface area contributed by atoms with Gasteiger partial charge in [0, 0.05) is 32.7 Å². The van der Waals surface area contributed by atoms with Crippen molar-refractivity contribution in [3.8, 4) is 44.8 Å². The lowest BCUT2D eigenvalue weighted by Gasteiger charge is -2.10. The van der Waals surface area contributed by atoms with Crippen LogP contribution >= 0.6 is 0 Å². The monoisotopic (exact) mass is 547 g/mol. The summed E-state index contributed by atoms with van der Waals surface area (Å²) in [5.74, 6) is 0. The van der Waals surface area contributed by atoms with Crippen LogP contribution in [0.1, 0.15) is 0 Å². The van der Waals surface area contributed by atoms with Gasteiger partial charge in [0.25, 0.3) is 0 Å². The van der Waals surface area contributed by atoms with Gasteiger partial charge < -0.3 is 4.40 Å². The zero-order valence-electron chi connectivity index (χ0n) is 23.3. The molecular formula is C40H25N3. The Morgan fingerprint density at radius 2 is 0.791 bits per heavy atom. The van der Waals surface area contributed by atoms with E-state index in [0.717, 1.165) is 33.5 Å². The molecule has 3 heteroatoms. The van der Waals surface area contributed by atoms with Crippen molar-refractivity contribution in [1.82, 2.24) is 14.4 Å². The molecule has 0 N–H and O–H groups in total. The Labute approximate surface area is 248 Å². The first kappa shape index (κ1) is 23.9. The van der Waals surface area contributed by atoms with Crippen LogP contribution in [-0.2, 0) is 0 Å². The number of benzene rings is 5. The van der Waals surface area contributed by atoms with Crippen molar-refractivity contribution in [3.63, 3.8) is 0 Å². The topological polar surface area (TPSA) is 30.2 Å². The summed E-state index contributed by atoms with van der Waals surface area (Å²) in [6.45, 7) is 0. The van der Waals surface area contributed by atoms with Crippen LogP contribution < -0.4 is 0 Å². The summed E-state index contributed by atoms with van der Waals surface area (Å²) in [6.07, 6.45) is 4.06. The van der Waals surface area contributed by atoms with Gasteiger partial charge in [0.1, 0.15) is 0 Å². The van der Waals surface area contributed by atoms with Crippen LogP contribution in [-0.4, -0.2) is 14.4 Å². The highest BCUT2D eigenvalue weighted by atomic mass is 14.9. The third-order valence-electron chi connectivity index (χ3n) is 8.66. The van der Waals surface area contributed by atoms with E-state index in [0.29, 0.717) is 0 Å². The number of pyridine rings is 2. The Bertz CT molecular complexity index is 2270. The van der Waals surface area contributed by atoms with Crippen LogP contribution in [0, 0.1) is 0 Å². The summed E-state index contributed by atoms with van der Waals surface area (Å²) >= 11 is 0. The number of rotatable bonds is 4. The highest BCUT2D eigenvalue weighted by Gasteiger charge is 2.20. The van der Waals surface area contributed by atoms with E-state index in [1.807, 2.05) is 12.4 Å². The van der Waals surface area contributed by atoms with E-state index in [2.05, 4.69) is 144 Å². The maximum absolute atomic E-state index is 5.03. The van der Waals surface area contributed by atoms with Crippen molar-refractivity contribution < 1.29 is 0 Å². The fraction of sp³-hybridized carbons (Fsp3) is 0. The Balaban J connectivity index is 1.25. The molecule has 0 fully saturated rings. The Hall–Kier alpha value is -5.80. The number of hydrogen-bond acceptors (Lipinski definition) is 2. The maximum atomic E-state index is 5.03. The summed E-state index contributed by atoms with van der Waals surface area (Å²) < 4.78 is 2.34. The van der Waals surface area contributed by atoms with Gasteiger partial charge in [0.2, 0.25) is 0 Å². The maximum Gasteiger partial charge on any atom is 0.0726 e. The highest BCUT2D eigenvalue weighted by Crippen LogP contribution is 2.42. The zero-order valence-corrected chi connectivity index (χ0v) is 23.3. The van der Waals surface area contributed by atoms with Gasteiger partial charge in [-0.25, -0.2) is 0 Å². The number of para-hydroxylation sites is 1. The lowest BCUT2D eigenvalue weighted by atomic mass is 9.96. The minimum absolute atomic E-state index is 0.975. The highest BCUT2D eigenvalue weighted by molar-refractivity contribution is 6.23. The summed E-state index contributed by atoms with van der Waals surface area (Å²) in [6, 6.07) is 49.3. The fourth-order valence-corrected chi connectivity index (χ4v) is 6.72. The standard InChI is InChI=1S/C40H25N3/c1-3-12-26(13-4-1)28-16-7-9-18-30(28)36-22-34-32-20-11-21-33-35-23-37(42-25-39(35)43(40(32)33)38(34)24-41-36)31-19-10-8-17-29(31)27-14-5-2-6-15-27/h1-25H. The molecule has 0 atom stereocenters. The van der Waals surface area contributed by atoms with Gasteiger partial charge in [-0.3, -0.25) is 9.97 Å². The second-order valence-corrected chi connectivity index (χ2v) is 11.0. The van der Waals surface area contributed by atoms with Gasteiger partial charge in [0.15, 0.2) is 0 Å². The fourth-order valence-electron chi connectivity index (χ4n) is 6.72. The van der Waals surface area contributed by atoms with Crippen LogP contribution in [0.25, 0.3) is 82.9 Å². The second-order valence-electron chi connectivity index (χ2n) is 11.0. The summed E-state index contributed by atoms with van der Waals surface area (Å²) in [7, 11) is 0. The van der Waals surface area contributed by atoms with Gasteiger partial charge in [-0.15, -0.1) is 0 Å². The van der Waals surface area contributed by atoms with Gasteiger partial charge in [0.05, 0.1) is 40.3 Å². The van der Waals surface area contributed by atoms with E-state index < -0.39 is 0 Å². The SMILES string of the molecule is c1ccc(-c2ccccc2-c2cc3c4cccc5c6cc(-c7ccccc7-c7ccccc7)ncc6n(c3cn2)c45)cc1. The number of nitrogens with zero attached hydrogens (tertiary/aromatic N) is 3. The summed E-state index contributed by atoms with van der Waals surface area (Å²) in [5.41, 5.74) is 12.4. The molecule has 0 saturated carbocycles. The molecule has 4 aromatic heterocycles. The largest absolute Gasteiger partial charge is 0.305 e. The average Bonchev–Trinajstić information content (AvgIpc) is 3.60. The van der Waals surface area contributed by atoms with Gasteiger partial charge in [-0.2, -0.15) is 0 Å². The van der Waals surface area contributed by atoms with Gasteiger partial charge in [-0.05, 0) is 34.4 Å². The van der Waals surface area contributed by atoms with Crippen molar-refractivity contribution in [2.45, 2.75) is 0 Å². The molecule has 9 aromatic rings. The molecule has 0 amide bonds. The molecule has 0 aliphatic rings. The Morgan fingerprint density at radius 1 is 0.372 bits per heavy atom. The normalized spacial score (nSPS) is 11.7. The molecule has 0 saturated heterocycles. The van der Waals surface area contributed by atoms with Crippen LogP contribution in [0.4, 0.5) is 0 Å². The van der Waals surface area contributed by atoms with Crippen molar-refractivity contribution in [2.75, 3.05) is 0 Å². The predicted molar refractivity (Wildman–Crippen MR) is 178 cm³/mol. The second kappa shape index (κ2) is 9.37. The molecule has 0 bridgehead atoms. The summed E-state index contributed by atoms with van der Waals surface area (Å²) in [4.78, 5) is 10.1. The number of fused-ring (bicyclic) bond motifs is 6. The summed E-state index contributed by atoms with van der Waals surface area (Å²) in [5, 5.41) is 4.87. The van der Waals surface area contributed by atoms with E-state index in [-0.39, 0.29) is 0 Å². The first-order chi connectivity index (χ1) is 21.3. The van der Waals surface area contributed by atoms with Crippen LogP contribution in [0.5, 0.6) is 0 Å². The van der Waals surface area contributed by atoms with E-state index in [1.54, 1.807) is 0 Å². The van der Waals surface area contributed by atoms with Crippen molar-refractivity contribution in [2.24, 2.45) is 0 Å². The molecule has 0 spiro atoms. The van der Waals surface area contributed by atoms with Crippen molar-refractivity contribution in [1.29, 1.82) is 0 Å². The molecule has 3 nitrogen and oxygen atoms in total. The molecule has 0 aliphatic heterocycles. The molecular weight excluding hydrogens is 522 g/mol. The Kier molecular flexibility index (Phi) is 5.20. The molecule has 0 unspecified atom stereocenters. The quantitative estimate of drug-likeness (QED) is 0.219. The lowest BCUT2D eigenvalue weighted by molar-refractivity contribution is 1.27. The average molecular weight is 548 g/mol. The molecule has 43 heavy (non-hydrogen) atoms. The number of aromatic nitrogens is 3. The van der Waals surface area contributed by atoms with Crippen molar-refractivity contribution in [3.05, 3.63) is 152 Å². The third-order valence-corrected chi connectivity index (χ3v) is 8.66. The van der Waals surface area contributed by atoms with E-state index in [1.165, 1.54) is 49.3 Å². The number of hydrogen-bond donors (Lipinski definition) is 0. The van der Waals surface area contributed by atoms with Gasteiger partial charge in [-0.1, -0.05) is 127 Å². The van der Waals surface area contributed by atoms with E-state index in [9.17, 15) is 0 Å². The van der Waals surface area contributed by atoms with E-state index >= 15 is 0 Å². The smallest absolute Gasteiger partial charge is 0.0726 e. The molecule has 4 heterocycles. The molecule has 0 radical (unpaired) electrons. The van der Waals surface area contributed by atoms with Crippen LogP contribution in [0.15, 0.2) is 152 Å². The van der Waals surface area contributed by atoms with Gasteiger partial charge >= 0.3 is 0 Å². The lowest BCUT2D eigenvalue weighted by Crippen LogP contribution is -1.90. The minimum Gasteiger partial charge on any atom is -0.305 e. The first-order valence-electron chi connectivity index (χ1n) is 14.6. The van der Waals surface area contributed by atoms with Crippen LogP contribution in [0.3, 0.4) is 0 Å². The first-order valence-corrected chi connectivity index (χ1v) is 14.6. The molecule has 0 aliphatic carbocycles. The molecule has 200 valence electrons. The molecule has 9 rings (SSSR count). The Morgan fingerprint density at radius 3 is 1.26 bits per heavy atom.